The number of hydrogen-bond donors (Lipinski definition) is 1. The van der Waals surface area contributed by atoms with Crippen LogP contribution in [-0.2, 0) is 6.54 Å². The van der Waals surface area contributed by atoms with Gasteiger partial charge in [-0.25, -0.2) is 13.9 Å². The molecule has 0 saturated heterocycles. The van der Waals surface area contributed by atoms with Crippen molar-refractivity contribution in [2.75, 3.05) is 0 Å². The summed E-state index contributed by atoms with van der Waals surface area (Å²) in [6.45, 7) is 2.25. The number of nitrogens with zero attached hydrogens (tertiary/aromatic N) is 4. The Morgan fingerprint density at radius 3 is 3.06 bits per heavy atom. The molecular formula is C10H14N4O2. The standard InChI is InChI=1S/C10H14N4O2/c1-8(15)3-2-5-14-10(16)13-6-4-11-7-9(13)12-14/h4,6-8,15H,2-3,5H2,1H3. The van der Waals surface area contributed by atoms with E-state index in [0.29, 0.717) is 18.6 Å². The highest BCUT2D eigenvalue weighted by atomic mass is 16.3. The van der Waals surface area contributed by atoms with Gasteiger partial charge in [0.1, 0.15) is 0 Å². The number of hydrogen-bond acceptors (Lipinski definition) is 4. The van der Waals surface area contributed by atoms with Crippen molar-refractivity contribution in [1.82, 2.24) is 19.2 Å². The van der Waals surface area contributed by atoms with Crippen LogP contribution in [0.3, 0.4) is 0 Å². The SMILES string of the molecule is CC(O)CCCn1nc2cnccn2c1=O. The molecule has 6 heteroatoms. The summed E-state index contributed by atoms with van der Waals surface area (Å²) >= 11 is 0. The van der Waals surface area contributed by atoms with E-state index in [0.717, 1.165) is 6.42 Å². The lowest BCUT2D eigenvalue weighted by Crippen LogP contribution is -2.21. The van der Waals surface area contributed by atoms with E-state index in [4.69, 9.17) is 5.11 Å². The van der Waals surface area contributed by atoms with E-state index in [2.05, 4.69) is 10.1 Å². The van der Waals surface area contributed by atoms with Crippen LogP contribution in [0.15, 0.2) is 23.4 Å². The van der Waals surface area contributed by atoms with E-state index in [9.17, 15) is 4.79 Å². The molecule has 2 heterocycles. The number of aliphatic hydroxyl groups excluding tert-OH is 1. The first-order valence-electron chi connectivity index (χ1n) is 5.26. The van der Waals surface area contributed by atoms with E-state index in [1.165, 1.54) is 9.08 Å². The van der Waals surface area contributed by atoms with Crippen LogP contribution < -0.4 is 5.69 Å². The number of fused-ring (bicyclic) bond motifs is 1. The predicted octanol–water partition coefficient (Wildman–Crippen LogP) is 0.0520. The quantitative estimate of drug-likeness (QED) is 0.793. The molecule has 0 aliphatic heterocycles. The van der Waals surface area contributed by atoms with Crippen LogP contribution in [0.1, 0.15) is 19.8 Å². The molecule has 1 unspecified atom stereocenters. The highest BCUT2D eigenvalue weighted by molar-refractivity contribution is 5.31. The second kappa shape index (κ2) is 4.44. The van der Waals surface area contributed by atoms with Crippen LogP contribution in [0, 0.1) is 0 Å². The lowest BCUT2D eigenvalue weighted by Gasteiger charge is -2.02. The first kappa shape index (κ1) is 10.8. The van der Waals surface area contributed by atoms with E-state index >= 15 is 0 Å². The van der Waals surface area contributed by atoms with Crippen molar-refractivity contribution in [2.45, 2.75) is 32.4 Å². The molecule has 0 bridgehead atoms. The summed E-state index contributed by atoms with van der Waals surface area (Å²) in [5.41, 5.74) is 0.382. The van der Waals surface area contributed by atoms with Gasteiger partial charge in [-0.2, -0.15) is 0 Å². The molecular weight excluding hydrogens is 208 g/mol. The molecule has 0 aliphatic rings. The van der Waals surface area contributed by atoms with Gasteiger partial charge in [0.05, 0.1) is 12.3 Å². The lowest BCUT2D eigenvalue weighted by molar-refractivity contribution is 0.179. The van der Waals surface area contributed by atoms with Gasteiger partial charge in [-0.1, -0.05) is 0 Å². The number of aromatic nitrogens is 4. The smallest absolute Gasteiger partial charge is 0.350 e. The molecule has 0 amide bonds. The third kappa shape index (κ3) is 2.11. The Morgan fingerprint density at radius 2 is 2.38 bits per heavy atom. The van der Waals surface area contributed by atoms with E-state index in [-0.39, 0.29) is 11.8 Å². The van der Waals surface area contributed by atoms with Crippen LogP contribution in [0.25, 0.3) is 5.65 Å². The number of aryl methyl sites for hydroxylation is 1. The maximum absolute atomic E-state index is 11.8. The summed E-state index contributed by atoms with van der Waals surface area (Å²) in [7, 11) is 0. The fourth-order valence-electron chi connectivity index (χ4n) is 1.56. The fourth-order valence-corrected chi connectivity index (χ4v) is 1.56. The minimum Gasteiger partial charge on any atom is -0.393 e. The summed E-state index contributed by atoms with van der Waals surface area (Å²) < 4.78 is 2.86. The maximum atomic E-state index is 11.8. The largest absolute Gasteiger partial charge is 0.393 e. The number of aliphatic hydroxyl groups is 1. The predicted molar refractivity (Wildman–Crippen MR) is 58.2 cm³/mol. The van der Waals surface area contributed by atoms with Gasteiger partial charge in [0.25, 0.3) is 0 Å². The van der Waals surface area contributed by atoms with Gasteiger partial charge >= 0.3 is 5.69 Å². The normalized spacial score (nSPS) is 13.1. The average molecular weight is 222 g/mol. The minimum atomic E-state index is -0.339. The summed E-state index contributed by atoms with van der Waals surface area (Å²) in [4.78, 5) is 15.7. The van der Waals surface area contributed by atoms with Crippen molar-refractivity contribution in [3.63, 3.8) is 0 Å². The van der Waals surface area contributed by atoms with Gasteiger partial charge < -0.3 is 5.11 Å². The Morgan fingerprint density at radius 1 is 1.56 bits per heavy atom. The Labute approximate surface area is 92.2 Å². The molecule has 6 nitrogen and oxygen atoms in total. The van der Waals surface area contributed by atoms with Gasteiger partial charge in [-0.15, -0.1) is 5.10 Å². The van der Waals surface area contributed by atoms with Crippen molar-refractivity contribution >= 4 is 5.65 Å². The molecule has 0 radical (unpaired) electrons. The Balaban J connectivity index is 2.19. The van der Waals surface area contributed by atoms with E-state index in [1.807, 2.05) is 0 Å². The van der Waals surface area contributed by atoms with Crippen molar-refractivity contribution in [3.05, 3.63) is 29.1 Å². The van der Waals surface area contributed by atoms with Crippen LogP contribution in [0.4, 0.5) is 0 Å². The summed E-state index contributed by atoms with van der Waals surface area (Å²) in [6.07, 6.45) is 5.75. The molecule has 0 aromatic carbocycles. The van der Waals surface area contributed by atoms with Crippen LogP contribution in [-0.4, -0.2) is 30.4 Å². The van der Waals surface area contributed by atoms with Crippen molar-refractivity contribution in [2.24, 2.45) is 0 Å². The van der Waals surface area contributed by atoms with Crippen LogP contribution in [0.5, 0.6) is 0 Å². The third-order valence-corrected chi connectivity index (χ3v) is 2.38. The molecule has 0 aliphatic carbocycles. The Kier molecular flexibility index (Phi) is 3.00. The zero-order valence-electron chi connectivity index (χ0n) is 9.08. The molecule has 1 atom stereocenters. The molecule has 2 rings (SSSR count). The van der Waals surface area contributed by atoms with Crippen molar-refractivity contribution in [3.8, 4) is 0 Å². The fraction of sp³-hybridized carbons (Fsp3) is 0.500. The van der Waals surface area contributed by atoms with Gasteiger partial charge in [-0.3, -0.25) is 4.98 Å². The first-order chi connectivity index (χ1) is 7.68. The average Bonchev–Trinajstić information content (AvgIpc) is 2.56. The maximum Gasteiger partial charge on any atom is 0.350 e. The second-order valence-corrected chi connectivity index (χ2v) is 3.80. The zero-order valence-corrected chi connectivity index (χ0v) is 9.08. The van der Waals surface area contributed by atoms with Crippen LogP contribution in [0.2, 0.25) is 0 Å². The highest BCUT2D eigenvalue weighted by Crippen LogP contribution is 1.98. The van der Waals surface area contributed by atoms with E-state index < -0.39 is 0 Å². The molecule has 86 valence electrons. The lowest BCUT2D eigenvalue weighted by atomic mass is 10.2. The Hall–Kier alpha value is -1.69. The molecule has 0 saturated carbocycles. The van der Waals surface area contributed by atoms with Crippen molar-refractivity contribution < 1.29 is 5.11 Å². The molecule has 2 aromatic rings. The first-order valence-corrected chi connectivity index (χ1v) is 5.26. The van der Waals surface area contributed by atoms with Gasteiger partial charge in [0.2, 0.25) is 0 Å². The topological polar surface area (TPSA) is 72.4 Å². The van der Waals surface area contributed by atoms with Gasteiger partial charge in [0, 0.05) is 18.9 Å². The van der Waals surface area contributed by atoms with Gasteiger partial charge in [-0.05, 0) is 19.8 Å². The molecule has 0 spiro atoms. The van der Waals surface area contributed by atoms with Crippen molar-refractivity contribution in [1.29, 1.82) is 0 Å². The summed E-state index contributed by atoms with van der Waals surface area (Å²) in [6, 6.07) is 0. The zero-order chi connectivity index (χ0) is 11.5. The Bertz CT molecular complexity index is 529. The second-order valence-electron chi connectivity index (χ2n) is 3.80. The molecule has 0 fully saturated rings. The van der Waals surface area contributed by atoms with Crippen LogP contribution >= 0.6 is 0 Å². The van der Waals surface area contributed by atoms with Gasteiger partial charge in [0.15, 0.2) is 5.65 Å². The molecule has 16 heavy (non-hydrogen) atoms. The highest BCUT2D eigenvalue weighted by Gasteiger charge is 2.06. The summed E-state index contributed by atoms with van der Waals surface area (Å²) in [5.74, 6) is 0. The third-order valence-electron chi connectivity index (χ3n) is 2.38. The number of rotatable bonds is 4. The summed E-state index contributed by atoms with van der Waals surface area (Å²) in [5, 5.41) is 13.2. The molecule has 2 aromatic heterocycles. The molecule has 1 N–H and O–H groups in total. The monoisotopic (exact) mass is 222 g/mol. The van der Waals surface area contributed by atoms with E-state index in [1.54, 1.807) is 25.5 Å². The minimum absolute atomic E-state index is 0.164.